The largest absolute Gasteiger partial charge is 0.319 e. The van der Waals surface area contributed by atoms with Crippen LogP contribution in [0.5, 0.6) is 0 Å². The highest BCUT2D eigenvalue weighted by Gasteiger charge is 2.11. The quantitative estimate of drug-likeness (QED) is 0.774. The number of hydrogen-bond acceptors (Lipinski definition) is 3. The Morgan fingerprint density at radius 1 is 1.27 bits per heavy atom. The minimum absolute atomic E-state index is 0.206. The van der Waals surface area contributed by atoms with Crippen molar-refractivity contribution in [3.05, 3.63) is 46.8 Å². The molecule has 0 bridgehead atoms. The van der Waals surface area contributed by atoms with E-state index in [1.807, 2.05) is 6.07 Å². The molecule has 3 N–H and O–H groups in total. The third kappa shape index (κ3) is 1.89. The van der Waals surface area contributed by atoms with E-state index < -0.39 is 0 Å². The maximum absolute atomic E-state index is 6.06. The van der Waals surface area contributed by atoms with Crippen molar-refractivity contribution in [1.29, 1.82) is 0 Å². The van der Waals surface area contributed by atoms with E-state index in [2.05, 4.69) is 41.4 Å². The van der Waals surface area contributed by atoms with E-state index >= 15 is 0 Å². The fraction of sp³-hybridized carbons (Fsp3) is 0.273. The number of rotatable bonds is 2. The van der Waals surface area contributed by atoms with Crippen molar-refractivity contribution in [1.82, 2.24) is 15.4 Å². The normalized spacial score (nSPS) is 12.7. The average molecular weight is 202 g/mol. The standard InChI is InChI=1S/C11H14N4/c1-7-3-4-9(5-8(7)2)11(12)10-6-13-15-14-10/h3-6,11H,12H2,1-2H3,(H,13,14,15). The molecule has 0 saturated heterocycles. The molecule has 4 heteroatoms. The van der Waals surface area contributed by atoms with Crippen LogP contribution in [0.3, 0.4) is 0 Å². The summed E-state index contributed by atoms with van der Waals surface area (Å²) in [6, 6.07) is 5.99. The Labute approximate surface area is 88.5 Å². The van der Waals surface area contributed by atoms with E-state index in [9.17, 15) is 0 Å². The third-order valence-electron chi connectivity index (χ3n) is 2.64. The number of nitrogens with two attached hydrogens (primary N) is 1. The monoisotopic (exact) mass is 202 g/mol. The van der Waals surface area contributed by atoms with E-state index in [1.165, 1.54) is 11.1 Å². The molecule has 1 aromatic carbocycles. The fourth-order valence-electron chi connectivity index (χ4n) is 1.49. The van der Waals surface area contributed by atoms with Crippen LogP contribution < -0.4 is 5.73 Å². The Hall–Kier alpha value is -1.68. The number of aryl methyl sites for hydroxylation is 2. The number of H-pyrrole nitrogens is 1. The van der Waals surface area contributed by atoms with Crippen LogP contribution in [0.4, 0.5) is 0 Å². The number of aromatic amines is 1. The highest BCUT2D eigenvalue weighted by molar-refractivity contribution is 5.34. The van der Waals surface area contributed by atoms with Gasteiger partial charge < -0.3 is 5.73 Å². The maximum Gasteiger partial charge on any atom is 0.104 e. The number of benzene rings is 1. The molecule has 0 radical (unpaired) electrons. The van der Waals surface area contributed by atoms with Crippen LogP contribution in [-0.2, 0) is 0 Å². The first-order chi connectivity index (χ1) is 7.18. The molecule has 0 spiro atoms. The van der Waals surface area contributed by atoms with E-state index in [0.29, 0.717) is 0 Å². The number of aromatic nitrogens is 3. The first kappa shape index (κ1) is 9.86. The van der Waals surface area contributed by atoms with E-state index in [4.69, 9.17) is 5.73 Å². The SMILES string of the molecule is Cc1ccc(C(N)c2cn[nH]n2)cc1C. The van der Waals surface area contributed by atoms with Gasteiger partial charge in [0.2, 0.25) is 0 Å². The van der Waals surface area contributed by atoms with E-state index in [-0.39, 0.29) is 6.04 Å². The average Bonchev–Trinajstić information content (AvgIpc) is 2.74. The second kappa shape index (κ2) is 3.82. The molecule has 0 saturated carbocycles. The van der Waals surface area contributed by atoms with Crippen LogP contribution >= 0.6 is 0 Å². The Balaban J connectivity index is 2.34. The van der Waals surface area contributed by atoms with Crippen LogP contribution in [0.25, 0.3) is 0 Å². The first-order valence-electron chi connectivity index (χ1n) is 4.87. The number of hydrogen-bond donors (Lipinski definition) is 2. The van der Waals surface area contributed by atoms with Gasteiger partial charge in [-0.25, -0.2) is 0 Å². The topological polar surface area (TPSA) is 67.6 Å². The zero-order valence-corrected chi connectivity index (χ0v) is 8.86. The summed E-state index contributed by atoms with van der Waals surface area (Å²) in [5.74, 6) is 0. The maximum atomic E-state index is 6.06. The van der Waals surface area contributed by atoms with Gasteiger partial charge in [-0.15, -0.1) is 0 Å². The van der Waals surface area contributed by atoms with Crippen LogP contribution in [-0.4, -0.2) is 15.4 Å². The lowest BCUT2D eigenvalue weighted by atomic mass is 10.0. The molecule has 1 atom stereocenters. The molecule has 2 rings (SSSR count). The van der Waals surface area contributed by atoms with Gasteiger partial charge in [-0.2, -0.15) is 15.4 Å². The summed E-state index contributed by atoms with van der Waals surface area (Å²) in [5.41, 5.74) is 10.4. The van der Waals surface area contributed by atoms with Gasteiger partial charge in [0.1, 0.15) is 5.69 Å². The Kier molecular flexibility index (Phi) is 2.51. The Bertz CT molecular complexity index is 448. The van der Waals surface area contributed by atoms with Gasteiger partial charge in [-0.3, -0.25) is 0 Å². The van der Waals surface area contributed by atoms with E-state index in [1.54, 1.807) is 6.20 Å². The third-order valence-corrected chi connectivity index (χ3v) is 2.64. The van der Waals surface area contributed by atoms with Crippen molar-refractivity contribution in [2.45, 2.75) is 19.9 Å². The molecule has 0 amide bonds. The fourth-order valence-corrected chi connectivity index (χ4v) is 1.49. The minimum atomic E-state index is -0.206. The van der Waals surface area contributed by atoms with Gasteiger partial charge in [-0.05, 0) is 30.5 Å². The zero-order valence-electron chi connectivity index (χ0n) is 8.86. The molecular formula is C11H14N4. The van der Waals surface area contributed by atoms with Crippen molar-refractivity contribution >= 4 is 0 Å². The molecule has 4 nitrogen and oxygen atoms in total. The molecule has 2 aromatic rings. The summed E-state index contributed by atoms with van der Waals surface area (Å²) in [7, 11) is 0. The Morgan fingerprint density at radius 2 is 2.07 bits per heavy atom. The molecule has 1 heterocycles. The smallest absolute Gasteiger partial charge is 0.104 e. The minimum Gasteiger partial charge on any atom is -0.319 e. The van der Waals surface area contributed by atoms with Crippen molar-refractivity contribution in [2.75, 3.05) is 0 Å². The summed E-state index contributed by atoms with van der Waals surface area (Å²) < 4.78 is 0. The van der Waals surface area contributed by atoms with Crippen molar-refractivity contribution < 1.29 is 0 Å². The molecule has 0 aliphatic carbocycles. The predicted octanol–water partition coefficient (Wildman–Crippen LogP) is 1.47. The molecular weight excluding hydrogens is 188 g/mol. The second-order valence-electron chi connectivity index (χ2n) is 3.72. The molecule has 0 aliphatic heterocycles. The summed E-state index contributed by atoms with van der Waals surface area (Å²) in [6.07, 6.45) is 1.65. The number of nitrogens with one attached hydrogen (secondary N) is 1. The number of nitrogens with zero attached hydrogens (tertiary/aromatic N) is 2. The molecule has 78 valence electrons. The van der Waals surface area contributed by atoms with Crippen molar-refractivity contribution in [3.63, 3.8) is 0 Å². The summed E-state index contributed by atoms with van der Waals surface area (Å²) in [4.78, 5) is 0. The summed E-state index contributed by atoms with van der Waals surface area (Å²) >= 11 is 0. The van der Waals surface area contributed by atoms with Crippen LogP contribution in [0, 0.1) is 13.8 Å². The lowest BCUT2D eigenvalue weighted by molar-refractivity contribution is 0.808. The van der Waals surface area contributed by atoms with Gasteiger partial charge in [0.15, 0.2) is 0 Å². The van der Waals surface area contributed by atoms with Crippen molar-refractivity contribution in [2.24, 2.45) is 5.73 Å². The van der Waals surface area contributed by atoms with Crippen LogP contribution in [0.2, 0.25) is 0 Å². The molecule has 0 fully saturated rings. The summed E-state index contributed by atoms with van der Waals surface area (Å²) in [6.45, 7) is 4.16. The van der Waals surface area contributed by atoms with Gasteiger partial charge in [0, 0.05) is 0 Å². The predicted molar refractivity (Wildman–Crippen MR) is 58.3 cm³/mol. The zero-order chi connectivity index (χ0) is 10.8. The van der Waals surface area contributed by atoms with Crippen LogP contribution in [0.1, 0.15) is 28.4 Å². The highest BCUT2D eigenvalue weighted by Crippen LogP contribution is 2.19. The second-order valence-corrected chi connectivity index (χ2v) is 3.72. The van der Waals surface area contributed by atoms with Gasteiger partial charge >= 0.3 is 0 Å². The molecule has 0 aliphatic rings. The van der Waals surface area contributed by atoms with Gasteiger partial charge in [0.25, 0.3) is 0 Å². The first-order valence-corrected chi connectivity index (χ1v) is 4.87. The molecule has 1 unspecified atom stereocenters. The van der Waals surface area contributed by atoms with Crippen LogP contribution in [0.15, 0.2) is 24.4 Å². The Morgan fingerprint density at radius 3 is 2.67 bits per heavy atom. The highest BCUT2D eigenvalue weighted by atomic mass is 15.3. The van der Waals surface area contributed by atoms with Crippen molar-refractivity contribution in [3.8, 4) is 0 Å². The van der Waals surface area contributed by atoms with E-state index in [0.717, 1.165) is 11.3 Å². The lowest BCUT2D eigenvalue weighted by Gasteiger charge is -2.10. The molecule has 1 aromatic heterocycles. The van der Waals surface area contributed by atoms with Gasteiger partial charge in [-0.1, -0.05) is 18.2 Å². The summed E-state index contributed by atoms with van der Waals surface area (Å²) in [5, 5.41) is 10.3. The molecule has 15 heavy (non-hydrogen) atoms. The lowest BCUT2D eigenvalue weighted by Crippen LogP contribution is -2.12. The van der Waals surface area contributed by atoms with Gasteiger partial charge in [0.05, 0.1) is 12.2 Å².